The number of thioether (sulfide) groups is 1. The lowest BCUT2D eigenvalue weighted by Crippen LogP contribution is -2.19. The number of nitrogens with one attached hydrogen (secondary N) is 1. The lowest BCUT2D eigenvalue weighted by atomic mass is 9.99. The number of rotatable bonds is 6. The molecule has 0 aliphatic heterocycles. The number of benzene rings is 2. The van der Waals surface area contributed by atoms with Crippen LogP contribution in [0, 0.1) is 0 Å². The molecule has 2 rings (SSSR count). The zero-order valence-electron chi connectivity index (χ0n) is 12.2. The van der Waals surface area contributed by atoms with E-state index in [0.29, 0.717) is 10.0 Å². The van der Waals surface area contributed by atoms with Crippen LogP contribution in [0.1, 0.15) is 24.1 Å². The molecule has 0 heterocycles. The van der Waals surface area contributed by atoms with E-state index in [-0.39, 0.29) is 6.04 Å². The maximum Gasteiger partial charge on any atom is 0.0624 e. The largest absolute Gasteiger partial charge is 0.313 e. The highest BCUT2D eigenvalue weighted by Gasteiger charge is 2.13. The monoisotopic (exact) mass is 339 g/mol. The maximum atomic E-state index is 6.29. The van der Waals surface area contributed by atoms with E-state index in [4.69, 9.17) is 23.2 Å². The van der Waals surface area contributed by atoms with Crippen molar-refractivity contribution in [1.29, 1.82) is 0 Å². The number of halogens is 2. The van der Waals surface area contributed by atoms with Crippen LogP contribution in [0.4, 0.5) is 0 Å². The summed E-state index contributed by atoms with van der Waals surface area (Å²) in [6.07, 6.45) is 0.816. The molecule has 1 nitrogen and oxygen atoms in total. The van der Waals surface area contributed by atoms with Crippen LogP contribution in [0.2, 0.25) is 10.0 Å². The summed E-state index contributed by atoms with van der Waals surface area (Å²) in [5, 5.41) is 4.62. The molecule has 0 aliphatic rings. The van der Waals surface area contributed by atoms with E-state index in [2.05, 4.69) is 36.5 Å². The van der Waals surface area contributed by atoms with Gasteiger partial charge in [-0.1, -0.05) is 54.4 Å². The van der Waals surface area contributed by atoms with Gasteiger partial charge >= 0.3 is 0 Å². The van der Waals surface area contributed by atoms with Crippen molar-refractivity contribution in [1.82, 2.24) is 5.32 Å². The molecule has 0 bridgehead atoms. The maximum absolute atomic E-state index is 6.29. The molecule has 1 unspecified atom stereocenters. The van der Waals surface area contributed by atoms with Crippen molar-refractivity contribution in [3.8, 4) is 0 Å². The molecular formula is C17H19Cl2NS. The van der Waals surface area contributed by atoms with Crippen molar-refractivity contribution in [2.45, 2.75) is 24.3 Å². The second kappa shape index (κ2) is 8.09. The van der Waals surface area contributed by atoms with Crippen LogP contribution in [-0.2, 0) is 6.42 Å². The zero-order valence-corrected chi connectivity index (χ0v) is 14.5. The Bertz CT molecular complexity index is 584. The highest BCUT2D eigenvalue weighted by Crippen LogP contribution is 2.29. The molecule has 0 fully saturated rings. The van der Waals surface area contributed by atoms with Gasteiger partial charge in [0.05, 0.1) is 10.0 Å². The fourth-order valence-corrected chi connectivity index (χ4v) is 3.33. The topological polar surface area (TPSA) is 12.0 Å². The second-order valence-corrected chi connectivity index (χ2v) is 6.88. The highest BCUT2D eigenvalue weighted by molar-refractivity contribution is 7.99. The normalized spacial score (nSPS) is 12.4. The van der Waals surface area contributed by atoms with Crippen molar-refractivity contribution in [2.24, 2.45) is 0 Å². The molecule has 0 aromatic heterocycles. The standard InChI is InChI=1S/C17H19Cl2NS/c1-3-21-14-9-7-12(8-10-14)16(20-2)11-13-5-4-6-15(18)17(13)19/h4-10,16,20H,3,11H2,1-2H3. The van der Waals surface area contributed by atoms with Crippen molar-refractivity contribution < 1.29 is 0 Å². The van der Waals surface area contributed by atoms with Crippen LogP contribution >= 0.6 is 35.0 Å². The third-order valence-electron chi connectivity index (χ3n) is 3.40. The van der Waals surface area contributed by atoms with Crippen LogP contribution < -0.4 is 5.32 Å². The van der Waals surface area contributed by atoms with Gasteiger partial charge in [-0.15, -0.1) is 11.8 Å². The molecule has 0 saturated carbocycles. The van der Waals surface area contributed by atoms with Gasteiger partial charge in [-0.2, -0.15) is 0 Å². The molecule has 4 heteroatoms. The molecule has 2 aromatic rings. The molecule has 0 spiro atoms. The third-order valence-corrected chi connectivity index (χ3v) is 5.15. The summed E-state index contributed by atoms with van der Waals surface area (Å²) in [5.41, 5.74) is 2.32. The summed E-state index contributed by atoms with van der Waals surface area (Å²) >= 11 is 14.2. The van der Waals surface area contributed by atoms with Gasteiger partial charge in [-0.05, 0) is 48.5 Å². The number of hydrogen-bond donors (Lipinski definition) is 1. The Morgan fingerprint density at radius 3 is 2.43 bits per heavy atom. The Balaban J connectivity index is 2.17. The summed E-state index contributed by atoms with van der Waals surface area (Å²) in [7, 11) is 1.97. The Labute approximate surface area is 141 Å². The first kappa shape index (κ1) is 16.7. The summed E-state index contributed by atoms with van der Waals surface area (Å²) in [4.78, 5) is 1.30. The predicted octanol–water partition coefficient (Wildman–Crippen LogP) is 5.61. The van der Waals surface area contributed by atoms with Gasteiger partial charge in [0.25, 0.3) is 0 Å². The number of likely N-dealkylation sites (N-methyl/N-ethyl adjacent to an activating group) is 1. The average Bonchev–Trinajstić information content (AvgIpc) is 2.50. The van der Waals surface area contributed by atoms with E-state index in [1.807, 2.05) is 37.0 Å². The molecule has 0 aliphatic carbocycles. The van der Waals surface area contributed by atoms with Gasteiger partial charge in [-0.3, -0.25) is 0 Å². The molecule has 1 atom stereocenters. The van der Waals surface area contributed by atoms with Crippen LogP contribution in [0.25, 0.3) is 0 Å². The molecule has 21 heavy (non-hydrogen) atoms. The Morgan fingerprint density at radius 2 is 1.81 bits per heavy atom. The van der Waals surface area contributed by atoms with Gasteiger partial charge in [0, 0.05) is 10.9 Å². The Morgan fingerprint density at radius 1 is 1.10 bits per heavy atom. The molecule has 0 saturated heterocycles. The predicted molar refractivity (Wildman–Crippen MR) is 94.8 cm³/mol. The quantitative estimate of drug-likeness (QED) is 0.686. The second-order valence-electron chi connectivity index (χ2n) is 4.76. The molecule has 2 aromatic carbocycles. The fraction of sp³-hybridized carbons (Fsp3) is 0.294. The van der Waals surface area contributed by atoms with Gasteiger partial charge in [0.2, 0.25) is 0 Å². The van der Waals surface area contributed by atoms with E-state index in [0.717, 1.165) is 17.7 Å². The minimum absolute atomic E-state index is 0.224. The minimum atomic E-state index is 0.224. The first-order valence-corrected chi connectivity index (χ1v) is 8.72. The van der Waals surface area contributed by atoms with Gasteiger partial charge in [0.1, 0.15) is 0 Å². The Kier molecular flexibility index (Phi) is 6.43. The molecule has 0 amide bonds. The van der Waals surface area contributed by atoms with Crippen LogP contribution in [0.15, 0.2) is 47.4 Å². The van der Waals surface area contributed by atoms with E-state index in [1.165, 1.54) is 10.5 Å². The Hall–Kier alpha value is -0.670. The van der Waals surface area contributed by atoms with Crippen molar-refractivity contribution in [2.75, 3.05) is 12.8 Å². The van der Waals surface area contributed by atoms with Crippen molar-refractivity contribution >= 4 is 35.0 Å². The first-order valence-electron chi connectivity index (χ1n) is 6.98. The molecule has 0 radical (unpaired) electrons. The molecule has 1 N–H and O–H groups in total. The summed E-state index contributed by atoms with van der Waals surface area (Å²) in [6, 6.07) is 14.7. The van der Waals surface area contributed by atoms with Gasteiger partial charge < -0.3 is 5.32 Å². The van der Waals surface area contributed by atoms with Crippen molar-refractivity contribution in [3.63, 3.8) is 0 Å². The van der Waals surface area contributed by atoms with Crippen LogP contribution in [-0.4, -0.2) is 12.8 Å². The lowest BCUT2D eigenvalue weighted by molar-refractivity contribution is 0.592. The zero-order chi connectivity index (χ0) is 15.2. The van der Waals surface area contributed by atoms with E-state index >= 15 is 0 Å². The van der Waals surface area contributed by atoms with Gasteiger partial charge in [-0.25, -0.2) is 0 Å². The smallest absolute Gasteiger partial charge is 0.0624 e. The highest BCUT2D eigenvalue weighted by atomic mass is 35.5. The van der Waals surface area contributed by atoms with Crippen LogP contribution in [0.5, 0.6) is 0 Å². The van der Waals surface area contributed by atoms with Crippen LogP contribution in [0.3, 0.4) is 0 Å². The lowest BCUT2D eigenvalue weighted by Gasteiger charge is -2.18. The van der Waals surface area contributed by atoms with E-state index < -0.39 is 0 Å². The summed E-state index contributed by atoms with van der Waals surface area (Å²) in [5.74, 6) is 1.09. The van der Waals surface area contributed by atoms with E-state index in [1.54, 1.807) is 0 Å². The SMILES string of the molecule is CCSc1ccc(C(Cc2cccc(Cl)c2Cl)NC)cc1. The molecule has 112 valence electrons. The first-order chi connectivity index (χ1) is 10.2. The average molecular weight is 340 g/mol. The fourth-order valence-electron chi connectivity index (χ4n) is 2.28. The van der Waals surface area contributed by atoms with E-state index in [9.17, 15) is 0 Å². The van der Waals surface area contributed by atoms with Gasteiger partial charge in [0.15, 0.2) is 0 Å². The summed E-state index contributed by atoms with van der Waals surface area (Å²) in [6.45, 7) is 2.16. The summed E-state index contributed by atoms with van der Waals surface area (Å²) < 4.78 is 0. The number of hydrogen-bond acceptors (Lipinski definition) is 2. The third kappa shape index (κ3) is 4.40. The van der Waals surface area contributed by atoms with Crippen molar-refractivity contribution in [3.05, 3.63) is 63.6 Å². The molecular weight excluding hydrogens is 321 g/mol. The minimum Gasteiger partial charge on any atom is -0.313 e.